The number of carbonyl (C=O) groups is 2. The van der Waals surface area contributed by atoms with Gasteiger partial charge in [-0.3, -0.25) is 9.59 Å². The first-order valence-corrected chi connectivity index (χ1v) is 5.00. The zero-order valence-electron chi connectivity index (χ0n) is 8.61. The predicted octanol–water partition coefficient (Wildman–Crippen LogP) is 0.0551. The second kappa shape index (κ2) is 5.60. The van der Waals surface area contributed by atoms with Crippen molar-refractivity contribution >= 4 is 23.4 Å². The molecule has 0 aromatic heterocycles. The minimum absolute atomic E-state index is 0.163. The summed E-state index contributed by atoms with van der Waals surface area (Å²) in [6, 6.07) is 3.54. The minimum Gasteiger partial charge on any atom is -0.381 e. The smallest absolute Gasteiger partial charge is 0.254 e. The minimum atomic E-state index is -1.51. The van der Waals surface area contributed by atoms with Crippen LogP contribution in [0.4, 0.5) is 4.39 Å². The molecule has 0 heterocycles. The lowest BCUT2D eigenvalue weighted by Gasteiger charge is -2.09. The van der Waals surface area contributed by atoms with Crippen LogP contribution in [-0.2, 0) is 4.79 Å². The van der Waals surface area contributed by atoms with Crippen LogP contribution in [0.15, 0.2) is 18.2 Å². The van der Waals surface area contributed by atoms with Crippen molar-refractivity contribution in [1.82, 2.24) is 5.32 Å². The van der Waals surface area contributed by atoms with Gasteiger partial charge in [-0.1, -0.05) is 11.6 Å². The summed E-state index contributed by atoms with van der Waals surface area (Å²) in [7, 11) is 0. The van der Waals surface area contributed by atoms with Gasteiger partial charge in [0.2, 0.25) is 5.91 Å². The van der Waals surface area contributed by atoms with Gasteiger partial charge >= 0.3 is 0 Å². The van der Waals surface area contributed by atoms with Crippen LogP contribution in [0.3, 0.4) is 0 Å². The summed E-state index contributed by atoms with van der Waals surface area (Å²) in [4.78, 5) is 21.9. The van der Waals surface area contributed by atoms with E-state index in [1.54, 1.807) is 0 Å². The van der Waals surface area contributed by atoms with Crippen molar-refractivity contribution in [3.05, 3.63) is 34.6 Å². The second-order valence-corrected chi connectivity index (χ2v) is 3.69. The lowest BCUT2D eigenvalue weighted by atomic mass is 10.2. The largest absolute Gasteiger partial charge is 0.381 e. The molecule has 1 rings (SSSR count). The van der Waals surface area contributed by atoms with Crippen LogP contribution in [0.2, 0.25) is 5.02 Å². The van der Waals surface area contributed by atoms with Crippen molar-refractivity contribution in [2.75, 3.05) is 6.54 Å². The molecule has 0 saturated heterocycles. The SMILES string of the molecule is NC(=O)C(O)CNC(=O)c1ccc(Cl)cc1F. The normalized spacial score (nSPS) is 11.9. The number of hydrogen-bond acceptors (Lipinski definition) is 3. The van der Waals surface area contributed by atoms with Gasteiger partial charge in [0.25, 0.3) is 5.91 Å². The Morgan fingerprint density at radius 2 is 2.18 bits per heavy atom. The van der Waals surface area contributed by atoms with Gasteiger partial charge in [0.05, 0.1) is 12.1 Å². The number of nitrogens with one attached hydrogen (secondary N) is 1. The monoisotopic (exact) mass is 260 g/mol. The van der Waals surface area contributed by atoms with Crippen molar-refractivity contribution in [1.29, 1.82) is 0 Å². The number of benzene rings is 1. The van der Waals surface area contributed by atoms with Crippen LogP contribution < -0.4 is 11.1 Å². The van der Waals surface area contributed by atoms with Gasteiger partial charge in [-0.15, -0.1) is 0 Å². The Hall–Kier alpha value is -1.66. The average Bonchev–Trinajstić information content (AvgIpc) is 2.25. The molecular formula is C10H10ClFN2O3. The molecule has 7 heteroatoms. The molecule has 17 heavy (non-hydrogen) atoms. The Bertz CT molecular complexity index is 453. The highest BCUT2D eigenvalue weighted by Gasteiger charge is 2.15. The van der Waals surface area contributed by atoms with E-state index in [1.165, 1.54) is 12.1 Å². The molecule has 1 atom stereocenters. The standard InChI is InChI=1S/C10H10ClFN2O3/c11-5-1-2-6(7(12)3-5)10(17)14-4-8(15)9(13)16/h1-3,8,15H,4H2,(H2,13,16)(H,14,17). The number of aliphatic hydroxyl groups is 1. The number of halogens is 2. The van der Waals surface area contributed by atoms with Crippen LogP contribution in [0, 0.1) is 5.82 Å². The van der Waals surface area contributed by atoms with Crippen molar-refractivity contribution in [3.8, 4) is 0 Å². The van der Waals surface area contributed by atoms with Gasteiger partial charge < -0.3 is 16.2 Å². The first-order chi connectivity index (χ1) is 7.91. The maximum absolute atomic E-state index is 13.3. The Kier molecular flexibility index (Phi) is 4.42. The van der Waals surface area contributed by atoms with E-state index in [-0.39, 0.29) is 17.1 Å². The molecule has 2 amide bonds. The maximum Gasteiger partial charge on any atom is 0.254 e. The topological polar surface area (TPSA) is 92.4 Å². The molecule has 0 fully saturated rings. The molecule has 0 saturated carbocycles. The number of primary amides is 1. The molecule has 1 unspecified atom stereocenters. The molecule has 92 valence electrons. The molecule has 0 aliphatic rings. The number of aliphatic hydroxyl groups excluding tert-OH is 1. The molecule has 0 aliphatic carbocycles. The third-order valence-corrected chi connectivity index (χ3v) is 2.20. The van der Waals surface area contributed by atoms with Crippen molar-refractivity contribution in [2.45, 2.75) is 6.10 Å². The van der Waals surface area contributed by atoms with Gasteiger partial charge in [-0.05, 0) is 18.2 Å². The van der Waals surface area contributed by atoms with Crippen molar-refractivity contribution < 1.29 is 19.1 Å². The fourth-order valence-electron chi connectivity index (χ4n) is 1.06. The van der Waals surface area contributed by atoms with Crippen LogP contribution >= 0.6 is 11.6 Å². The van der Waals surface area contributed by atoms with Gasteiger partial charge in [0.15, 0.2) is 0 Å². The van der Waals surface area contributed by atoms with Gasteiger partial charge in [0, 0.05) is 5.02 Å². The molecule has 0 spiro atoms. The van der Waals surface area contributed by atoms with Crippen LogP contribution in [-0.4, -0.2) is 29.6 Å². The summed E-state index contributed by atoms with van der Waals surface area (Å²) in [6.07, 6.45) is -1.51. The third kappa shape index (κ3) is 3.69. The predicted molar refractivity (Wildman–Crippen MR) is 58.9 cm³/mol. The highest BCUT2D eigenvalue weighted by Crippen LogP contribution is 2.14. The zero-order chi connectivity index (χ0) is 13.0. The zero-order valence-corrected chi connectivity index (χ0v) is 9.37. The van der Waals surface area contributed by atoms with E-state index in [9.17, 15) is 14.0 Å². The Morgan fingerprint density at radius 3 is 2.71 bits per heavy atom. The molecule has 1 aromatic rings. The Labute approximate surface area is 101 Å². The lowest BCUT2D eigenvalue weighted by molar-refractivity contribution is -0.125. The number of amides is 2. The summed E-state index contributed by atoms with van der Waals surface area (Å²) < 4.78 is 13.3. The highest BCUT2D eigenvalue weighted by atomic mass is 35.5. The Balaban J connectivity index is 2.67. The van der Waals surface area contributed by atoms with E-state index >= 15 is 0 Å². The summed E-state index contributed by atoms with van der Waals surface area (Å²) in [5.41, 5.74) is 4.55. The number of rotatable bonds is 4. The van der Waals surface area contributed by atoms with Gasteiger partial charge in [0.1, 0.15) is 11.9 Å². The first kappa shape index (κ1) is 13.4. The van der Waals surface area contributed by atoms with Gasteiger partial charge in [-0.25, -0.2) is 4.39 Å². The number of hydrogen-bond donors (Lipinski definition) is 3. The lowest BCUT2D eigenvalue weighted by Crippen LogP contribution is -2.40. The average molecular weight is 261 g/mol. The van der Waals surface area contributed by atoms with Crippen molar-refractivity contribution in [3.63, 3.8) is 0 Å². The molecule has 4 N–H and O–H groups in total. The summed E-state index contributed by atoms with van der Waals surface area (Å²) in [5, 5.41) is 11.4. The number of nitrogens with two attached hydrogens (primary N) is 1. The summed E-state index contributed by atoms with van der Waals surface area (Å²) in [5.74, 6) is -2.52. The third-order valence-electron chi connectivity index (χ3n) is 1.96. The van der Waals surface area contributed by atoms with Crippen LogP contribution in [0.25, 0.3) is 0 Å². The molecular weight excluding hydrogens is 251 g/mol. The fraction of sp³-hybridized carbons (Fsp3) is 0.200. The number of carbonyl (C=O) groups excluding carboxylic acids is 2. The van der Waals surface area contributed by atoms with E-state index in [0.29, 0.717) is 0 Å². The Morgan fingerprint density at radius 1 is 1.53 bits per heavy atom. The fourth-order valence-corrected chi connectivity index (χ4v) is 1.22. The van der Waals surface area contributed by atoms with E-state index < -0.39 is 23.7 Å². The highest BCUT2D eigenvalue weighted by molar-refractivity contribution is 6.30. The van der Waals surface area contributed by atoms with E-state index in [1.807, 2.05) is 0 Å². The molecule has 0 bridgehead atoms. The molecule has 5 nitrogen and oxygen atoms in total. The molecule has 0 radical (unpaired) electrons. The van der Waals surface area contributed by atoms with E-state index in [0.717, 1.165) is 6.07 Å². The van der Waals surface area contributed by atoms with Crippen molar-refractivity contribution in [2.24, 2.45) is 5.73 Å². The first-order valence-electron chi connectivity index (χ1n) is 4.62. The summed E-state index contributed by atoms with van der Waals surface area (Å²) >= 11 is 5.52. The summed E-state index contributed by atoms with van der Waals surface area (Å²) in [6.45, 7) is -0.379. The quantitative estimate of drug-likeness (QED) is 0.714. The second-order valence-electron chi connectivity index (χ2n) is 3.25. The van der Waals surface area contributed by atoms with E-state index in [2.05, 4.69) is 5.32 Å². The van der Waals surface area contributed by atoms with Crippen LogP contribution in [0.5, 0.6) is 0 Å². The maximum atomic E-state index is 13.3. The molecule has 0 aliphatic heterocycles. The van der Waals surface area contributed by atoms with E-state index in [4.69, 9.17) is 22.4 Å². The van der Waals surface area contributed by atoms with Crippen LogP contribution in [0.1, 0.15) is 10.4 Å². The molecule has 1 aromatic carbocycles. The van der Waals surface area contributed by atoms with Gasteiger partial charge in [-0.2, -0.15) is 0 Å².